The lowest BCUT2D eigenvalue weighted by molar-refractivity contribution is -0.118. The molecule has 0 fully saturated rings. The maximum Gasteiger partial charge on any atom is 0.216 e. The number of Topliss-reactive ketones (excluding diaryl/α,β-unsaturated/α-hetero) is 1. The van der Waals surface area contributed by atoms with Crippen LogP contribution < -0.4 is 5.32 Å². The number of carbonyl (C=O) groups excluding carboxylic acids is 2. The second kappa shape index (κ2) is 5.50. The van der Waals surface area contributed by atoms with Crippen molar-refractivity contribution in [2.45, 2.75) is 26.2 Å². The maximum absolute atomic E-state index is 11.6. The second-order valence-electron chi connectivity index (χ2n) is 4.33. The molecule has 1 aliphatic carbocycles. The Morgan fingerprint density at radius 3 is 3.00 bits per heavy atom. The summed E-state index contributed by atoms with van der Waals surface area (Å²) in [5, 5.41) is 2.68. The molecular formula is C15H15NO2. The Labute approximate surface area is 107 Å². The Kier molecular flexibility index (Phi) is 3.78. The van der Waals surface area contributed by atoms with Gasteiger partial charge in [0.2, 0.25) is 5.91 Å². The zero-order valence-corrected chi connectivity index (χ0v) is 10.4. The highest BCUT2D eigenvalue weighted by atomic mass is 16.1. The minimum Gasteiger partial charge on any atom is -0.355 e. The van der Waals surface area contributed by atoms with E-state index in [1.807, 2.05) is 18.2 Å². The molecule has 1 amide bonds. The summed E-state index contributed by atoms with van der Waals surface area (Å²) in [6.07, 6.45) is 2.09. The van der Waals surface area contributed by atoms with Gasteiger partial charge < -0.3 is 5.32 Å². The molecular weight excluding hydrogens is 226 g/mol. The van der Waals surface area contributed by atoms with Gasteiger partial charge >= 0.3 is 0 Å². The molecule has 0 saturated heterocycles. The third-order valence-electron chi connectivity index (χ3n) is 2.89. The third kappa shape index (κ3) is 2.98. The summed E-state index contributed by atoms with van der Waals surface area (Å²) in [5.74, 6) is 6.18. The van der Waals surface area contributed by atoms with E-state index >= 15 is 0 Å². The number of nitrogens with one attached hydrogen (secondary N) is 1. The van der Waals surface area contributed by atoms with Crippen molar-refractivity contribution >= 4 is 11.7 Å². The normalized spacial score (nSPS) is 12.6. The summed E-state index contributed by atoms with van der Waals surface area (Å²) in [4.78, 5) is 22.2. The van der Waals surface area contributed by atoms with Gasteiger partial charge in [0, 0.05) is 37.4 Å². The van der Waals surface area contributed by atoms with Crippen LogP contribution in [0.15, 0.2) is 18.2 Å². The molecule has 0 bridgehead atoms. The summed E-state index contributed by atoms with van der Waals surface area (Å²) in [6, 6.07) is 5.80. The Hall–Kier alpha value is -2.08. The van der Waals surface area contributed by atoms with Crippen LogP contribution in [0, 0.1) is 11.8 Å². The molecule has 18 heavy (non-hydrogen) atoms. The van der Waals surface area contributed by atoms with E-state index in [1.165, 1.54) is 6.92 Å². The molecule has 0 saturated carbocycles. The highest BCUT2D eigenvalue weighted by molar-refractivity contribution is 6.00. The smallest absolute Gasteiger partial charge is 0.216 e. The van der Waals surface area contributed by atoms with Crippen molar-refractivity contribution in [2.24, 2.45) is 0 Å². The first-order chi connectivity index (χ1) is 8.66. The highest BCUT2D eigenvalue weighted by Gasteiger charge is 2.18. The van der Waals surface area contributed by atoms with Crippen molar-refractivity contribution in [1.82, 2.24) is 5.32 Å². The monoisotopic (exact) mass is 241 g/mol. The van der Waals surface area contributed by atoms with Gasteiger partial charge in [-0.25, -0.2) is 0 Å². The first-order valence-electron chi connectivity index (χ1n) is 6.06. The molecule has 0 aromatic heterocycles. The fourth-order valence-electron chi connectivity index (χ4n) is 1.98. The minimum atomic E-state index is -0.0417. The fraction of sp³-hybridized carbons (Fsp3) is 0.333. The van der Waals surface area contributed by atoms with Crippen molar-refractivity contribution < 1.29 is 9.59 Å². The van der Waals surface area contributed by atoms with E-state index in [2.05, 4.69) is 17.2 Å². The van der Waals surface area contributed by atoms with E-state index in [-0.39, 0.29) is 11.7 Å². The molecule has 3 nitrogen and oxygen atoms in total. The van der Waals surface area contributed by atoms with E-state index < -0.39 is 0 Å². The van der Waals surface area contributed by atoms with Crippen molar-refractivity contribution in [3.05, 3.63) is 34.9 Å². The van der Waals surface area contributed by atoms with Crippen LogP contribution in [0.4, 0.5) is 0 Å². The van der Waals surface area contributed by atoms with Crippen molar-refractivity contribution in [3.8, 4) is 11.8 Å². The quantitative estimate of drug-likeness (QED) is 0.632. The SMILES string of the molecule is CC(=O)NCCC#Cc1ccc2c(c1)C(=O)CC2. The molecule has 0 aliphatic heterocycles. The van der Waals surface area contributed by atoms with Gasteiger partial charge in [0.05, 0.1) is 0 Å². The van der Waals surface area contributed by atoms with Crippen molar-refractivity contribution in [3.63, 3.8) is 0 Å². The largest absolute Gasteiger partial charge is 0.355 e. The van der Waals surface area contributed by atoms with Crippen LogP contribution in [0.1, 0.15) is 41.3 Å². The molecule has 1 aromatic rings. The number of aryl methyl sites for hydroxylation is 1. The standard InChI is InChI=1S/C15H15NO2/c1-11(17)16-9-3-2-4-12-5-6-13-7-8-15(18)14(13)10-12/h5-6,10H,3,7-9H2,1H3,(H,16,17). The number of amides is 1. The molecule has 2 rings (SSSR count). The van der Waals surface area contributed by atoms with E-state index in [1.54, 1.807) is 0 Å². The van der Waals surface area contributed by atoms with Crippen LogP contribution in [0.3, 0.4) is 0 Å². The van der Waals surface area contributed by atoms with Crippen LogP contribution in [-0.4, -0.2) is 18.2 Å². The first-order valence-corrected chi connectivity index (χ1v) is 6.06. The molecule has 0 atom stereocenters. The summed E-state index contributed by atoms with van der Waals surface area (Å²) < 4.78 is 0. The molecule has 0 spiro atoms. The number of fused-ring (bicyclic) bond motifs is 1. The number of hydrogen-bond acceptors (Lipinski definition) is 2. The predicted octanol–water partition coefficient (Wildman–Crippen LogP) is 1.69. The summed E-state index contributed by atoms with van der Waals surface area (Å²) >= 11 is 0. The fourth-order valence-corrected chi connectivity index (χ4v) is 1.98. The lowest BCUT2D eigenvalue weighted by Crippen LogP contribution is -2.20. The molecule has 0 unspecified atom stereocenters. The van der Waals surface area contributed by atoms with E-state index in [0.717, 1.165) is 23.1 Å². The number of ketones is 1. The molecule has 3 heteroatoms. The molecule has 1 aromatic carbocycles. The molecule has 1 aliphatic rings. The van der Waals surface area contributed by atoms with Crippen molar-refractivity contribution in [1.29, 1.82) is 0 Å². The van der Waals surface area contributed by atoms with Gasteiger partial charge in [-0.2, -0.15) is 0 Å². The molecule has 0 radical (unpaired) electrons. The average molecular weight is 241 g/mol. The Balaban J connectivity index is 1.98. The van der Waals surface area contributed by atoms with Crippen LogP contribution in [-0.2, 0) is 11.2 Å². The average Bonchev–Trinajstić information content (AvgIpc) is 2.70. The van der Waals surface area contributed by atoms with Crippen LogP contribution in [0.25, 0.3) is 0 Å². The van der Waals surface area contributed by atoms with Gasteiger partial charge in [0.15, 0.2) is 5.78 Å². The number of benzene rings is 1. The minimum absolute atomic E-state index is 0.0417. The van der Waals surface area contributed by atoms with Crippen LogP contribution >= 0.6 is 0 Å². The highest BCUT2D eigenvalue weighted by Crippen LogP contribution is 2.22. The summed E-state index contributed by atoms with van der Waals surface area (Å²) in [7, 11) is 0. The van der Waals surface area contributed by atoms with Gasteiger partial charge in [0.1, 0.15) is 0 Å². The van der Waals surface area contributed by atoms with Crippen LogP contribution in [0.5, 0.6) is 0 Å². The van der Waals surface area contributed by atoms with Gasteiger partial charge in [-0.05, 0) is 24.1 Å². The topological polar surface area (TPSA) is 46.2 Å². The van der Waals surface area contributed by atoms with Gasteiger partial charge in [-0.1, -0.05) is 17.9 Å². The second-order valence-corrected chi connectivity index (χ2v) is 4.33. The Morgan fingerprint density at radius 2 is 2.22 bits per heavy atom. The van der Waals surface area contributed by atoms with Gasteiger partial charge in [-0.3, -0.25) is 9.59 Å². The lowest BCUT2D eigenvalue weighted by atomic mass is 10.1. The molecule has 92 valence electrons. The zero-order chi connectivity index (χ0) is 13.0. The third-order valence-corrected chi connectivity index (χ3v) is 2.89. The summed E-state index contributed by atoms with van der Waals surface area (Å²) in [5.41, 5.74) is 2.82. The number of rotatable bonds is 2. The Bertz CT molecular complexity index is 549. The number of carbonyl (C=O) groups is 2. The number of hydrogen-bond donors (Lipinski definition) is 1. The molecule has 0 heterocycles. The maximum atomic E-state index is 11.6. The van der Waals surface area contributed by atoms with E-state index in [9.17, 15) is 9.59 Å². The van der Waals surface area contributed by atoms with Crippen molar-refractivity contribution in [2.75, 3.05) is 6.54 Å². The Morgan fingerprint density at radius 1 is 1.39 bits per heavy atom. The zero-order valence-electron chi connectivity index (χ0n) is 10.4. The summed E-state index contributed by atoms with van der Waals surface area (Å²) in [6.45, 7) is 2.05. The van der Waals surface area contributed by atoms with Gasteiger partial charge in [0.25, 0.3) is 0 Å². The first kappa shape index (κ1) is 12.4. The predicted molar refractivity (Wildman–Crippen MR) is 69.3 cm³/mol. The lowest BCUT2D eigenvalue weighted by Gasteiger charge is -1.98. The molecule has 1 N–H and O–H groups in total. The van der Waals surface area contributed by atoms with E-state index in [0.29, 0.717) is 19.4 Å². The van der Waals surface area contributed by atoms with Gasteiger partial charge in [-0.15, -0.1) is 0 Å². The van der Waals surface area contributed by atoms with Crippen LogP contribution in [0.2, 0.25) is 0 Å². The van der Waals surface area contributed by atoms with E-state index in [4.69, 9.17) is 0 Å².